The Hall–Kier alpha value is 0.0569. The van der Waals surface area contributed by atoms with Crippen LogP contribution in [0.25, 0.3) is 0 Å². The second-order valence-corrected chi connectivity index (χ2v) is 7.49. The van der Waals surface area contributed by atoms with Crippen molar-refractivity contribution < 1.29 is 13.3 Å². The van der Waals surface area contributed by atoms with Crippen molar-refractivity contribution in [2.75, 3.05) is 34.4 Å². The lowest BCUT2D eigenvalue weighted by Gasteiger charge is -2.26. The molecule has 0 aliphatic carbocycles. The van der Waals surface area contributed by atoms with E-state index in [9.17, 15) is 0 Å². The first kappa shape index (κ1) is 14.1. The van der Waals surface area contributed by atoms with Crippen LogP contribution >= 0.6 is 0 Å². The smallest absolute Gasteiger partial charge is 0.377 e. The summed E-state index contributed by atoms with van der Waals surface area (Å²) >= 11 is 0. The van der Waals surface area contributed by atoms with Crippen molar-refractivity contribution in [2.45, 2.75) is 31.7 Å². The van der Waals surface area contributed by atoms with Crippen LogP contribution in [0.5, 0.6) is 0 Å². The SMILES string of the molecule is CO[Si](CCCC1CCCNC1)(OC)OC. The highest BCUT2D eigenvalue weighted by Crippen LogP contribution is 2.22. The van der Waals surface area contributed by atoms with Crippen LogP contribution in [0, 0.1) is 5.92 Å². The third kappa shape index (κ3) is 4.14. The van der Waals surface area contributed by atoms with Crippen LogP contribution in [-0.2, 0) is 13.3 Å². The molecule has 1 aliphatic heterocycles. The Morgan fingerprint density at radius 2 is 1.88 bits per heavy atom. The molecule has 0 spiro atoms. The lowest BCUT2D eigenvalue weighted by molar-refractivity contribution is 0.122. The van der Waals surface area contributed by atoms with Crippen molar-refractivity contribution in [3.05, 3.63) is 0 Å². The third-order valence-electron chi connectivity index (χ3n) is 3.43. The van der Waals surface area contributed by atoms with Gasteiger partial charge in [-0.25, -0.2) is 0 Å². The lowest BCUT2D eigenvalue weighted by atomic mass is 9.95. The van der Waals surface area contributed by atoms with Crippen LogP contribution in [0.3, 0.4) is 0 Å². The molecule has 1 rings (SSSR count). The summed E-state index contributed by atoms with van der Waals surface area (Å²) in [5.41, 5.74) is 0. The largest absolute Gasteiger partial charge is 0.500 e. The van der Waals surface area contributed by atoms with Crippen LogP contribution < -0.4 is 5.32 Å². The van der Waals surface area contributed by atoms with E-state index >= 15 is 0 Å². The van der Waals surface area contributed by atoms with Gasteiger partial charge in [0.25, 0.3) is 0 Å². The molecule has 1 atom stereocenters. The van der Waals surface area contributed by atoms with Gasteiger partial charge in [0, 0.05) is 27.4 Å². The molecule has 16 heavy (non-hydrogen) atoms. The molecule has 0 aromatic rings. The molecule has 1 aliphatic rings. The zero-order chi connectivity index (χ0) is 11.9. The van der Waals surface area contributed by atoms with Crippen molar-refractivity contribution >= 4 is 8.80 Å². The van der Waals surface area contributed by atoms with Gasteiger partial charge in [0.2, 0.25) is 0 Å². The fraction of sp³-hybridized carbons (Fsp3) is 1.00. The summed E-state index contributed by atoms with van der Waals surface area (Å²) in [5.74, 6) is 0.825. The molecule has 1 fully saturated rings. The summed E-state index contributed by atoms with van der Waals surface area (Å²) in [4.78, 5) is 0. The molecule has 0 bridgehead atoms. The highest BCUT2D eigenvalue weighted by molar-refractivity contribution is 6.60. The van der Waals surface area contributed by atoms with Gasteiger partial charge in [0.05, 0.1) is 0 Å². The van der Waals surface area contributed by atoms with E-state index in [1.54, 1.807) is 21.3 Å². The van der Waals surface area contributed by atoms with Gasteiger partial charge in [-0.1, -0.05) is 0 Å². The van der Waals surface area contributed by atoms with E-state index in [2.05, 4.69) is 5.32 Å². The van der Waals surface area contributed by atoms with E-state index in [0.717, 1.165) is 18.4 Å². The maximum atomic E-state index is 5.40. The number of hydrogen-bond acceptors (Lipinski definition) is 4. The minimum Gasteiger partial charge on any atom is -0.377 e. The van der Waals surface area contributed by atoms with E-state index in [-0.39, 0.29) is 0 Å². The predicted octanol–water partition coefficient (Wildman–Crippen LogP) is 1.64. The van der Waals surface area contributed by atoms with Crippen LogP contribution in [-0.4, -0.2) is 43.2 Å². The number of nitrogens with one attached hydrogen (secondary N) is 1. The summed E-state index contributed by atoms with van der Waals surface area (Å²) in [6.45, 7) is 2.35. The Labute approximate surface area is 100 Å². The maximum Gasteiger partial charge on any atom is 0.500 e. The van der Waals surface area contributed by atoms with Crippen molar-refractivity contribution in [1.29, 1.82) is 0 Å². The van der Waals surface area contributed by atoms with Gasteiger partial charge < -0.3 is 18.6 Å². The second kappa shape index (κ2) is 7.40. The molecule has 1 heterocycles. The van der Waals surface area contributed by atoms with Gasteiger partial charge in [-0.3, -0.25) is 0 Å². The normalized spacial score (nSPS) is 22.3. The van der Waals surface area contributed by atoms with E-state index in [1.807, 2.05) is 0 Å². The van der Waals surface area contributed by atoms with Gasteiger partial charge in [-0.2, -0.15) is 0 Å². The molecule has 1 saturated heterocycles. The molecule has 1 unspecified atom stereocenters. The number of rotatable bonds is 7. The molecule has 96 valence electrons. The van der Waals surface area contributed by atoms with E-state index in [1.165, 1.54) is 32.4 Å². The third-order valence-corrected chi connectivity index (χ3v) is 6.26. The summed E-state index contributed by atoms with van der Waals surface area (Å²) < 4.78 is 16.2. The quantitative estimate of drug-likeness (QED) is 0.694. The second-order valence-electron chi connectivity index (χ2n) is 4.40. The minimum atomic E-state index is -2.32. The fourth-order valence-corrected chi connectivity index (χ4v) is 4.08. The van der Waals surface area contributed by atoms with E-state index in [4.69, 9.17) is 13.3 Å². The van der Waals surface area contributed by atoms with Crippen LogP contribution in [0.15, 0.2) is 0 Å². The number of hydrogen-bond donors (Lipinski definition) is 1. The highest BCUT2D eigenvalue weighted by Gasteiger charge is 2.37. The highest BCUT2D eigenvalue weighted by atomic mass is 28.4. The Kier molecular flexibility index (Phi) is 6.53. The molecule has 1 N–H and O–H groups in total. The zero-order valence-corrected chi connectivity index (χ0v) is 11.8. The van der Waals surface area contributed by atoms with Crippen molar-refractivity contribution in [3.8, 4) is 0 Å². The molecule has 0 saturated carbocycles. The average molecular weight is 247 g/mol. The fourth-order valence-electron chi connectivity index (χ4n) is 2.33. The number of piperidine rings is 1. The van der Waals surface area contributed by atoms with Crippen LogP contribution in [0.1, 0.15) is 25.7 Å². The van der Waals surface area contributed by atoms with E-state index < -0.39 is 8.80 Å². The van der Waals surface area contributed by atoms with Crippen LogP contribution in [0.4, 0.5) is 0 Å². The Morgan fingerprint density at radius 1 is 1.19 bits per heavy atom. The first-order valence-corrected chi connectivity index (χ1v) is 8.05. The lowest BCUT2D eigenvalue weighted by Crippen LogP contribution is -2.42. The van der Waals surface area contributed by atoms with Gasteiger partial charge >= 0.3 is 8.80 Å². The summed E-state index contributed by atoms with van der Waals surface area (Å²) in [5, 5.41) is 3.44. The van der Waals surface area contributed by atoms with Gasteiger partial charge in [0.15, 0.2) is 0 Å². The molecular formula is C11H25NO3Si. The van der Waals surface area contributed by atoms with Gasteiger partial charge in [0.1, 0.15) is 0 Å². The molecule has 0 amide bonds. The van der Waals surface area contributed by atoms with Crippen molar-refractivity contribution in [2.24, 2.45) is 5.92 Å². The van der Waals surface area contributed by atoms with Crippen molar-refractivity contribution in [3.63, 3.8) is 0 Å². The first-order chi connectivity index (χ1) is 7.76. The Bertz CT molecular complexity index is 174. The van der Waals surface area contributed by atoms with Gasteiger partial charge in [-0.05, 0) is 44.7 Å². The summed E-state index contributed by atoms with van der Waals surface area (Å²) in [6, 6.07) is 0.924. The monoisotopic (exact) mass is 247 g/mol. The Morgan fingerprint density at radius 3 is 2.38 bits per heavy atom. The average Bonchev–Trinajstić information content (AvgIpc) is 2.37. The molecule has 5 heteroatoms. The Balaban J connectivity index is 2.21. The minimum absolute atomic E-state index is 0.825. The van der Waals surface area contributed by atoms with Gasteiger partial charge in [-0.15, -0.1) is 0 Å². The molecule has 0 aromatic carbocycles. The molecule has 0 radical (unpaired) electrons. The van der Waals surface area contributed by atoms with E-state index in [0.29, 0.717) is 0 Å². The molecule has 0 aromatic heterocycles. The molecular weight excluding hydrogens is 222 g/mol. The van der Waals surface area contributed by atoms with Crippen molar-refractivity contribution in [1.82, 2.24) is 5.32 Å². The summed E-state index contributed by atoms with van der Waals surface area (Å²) in [6.07, 6.45) is 5.05. The van der Waals surface area contributed by atoms with Crippen LogP contribution in [0.2, 0.25) is 6.04 Å². The summed E-state index contributed by atoms with van der Waals surface area (Å²) in [7, 11) is 2.72. The zero-order valence-electron chi connectivity index (χ0n) is 10.8. The maximum absolute atomic E-state index is 5.40. The topological polar surface area (TPSA) is 39.7 Å². The molecule has 4 nitrogen and oxygen atoms in total. The standard InChI is InChI=1S/C11H25NO3Si/c1-13-16(14-2,15-3)9-5-7-11-6-4-8-12-10-11/h11-12H,4-10H2,1-3H3. The first-order valence-electron chi connectivity index (χ1n) is 6.12. The predicted molar refractivity (Wildman–Crippen MR) is 66.4 cm³/mol.